The summed E-state index contributed by atoms with van der Waals surface area (Å²) in [6.45, 7) is 6.25. The minimum Gasteiger partial charge on any atom is -0.468 e. The molecular formula is C14H18N2O2. The highest BCUT2D eigenvalue weighted by molar-refractivity contribution is 5.80. The third-order valence-corrected chi connectivity index (χ3v) is 3.99. The number of furan rings is 1. The van der Waals surface area contributed by atoms with Gasteiger partial charge in [-0.25, -0.2) is 0 Å². The highest BCUT2D eigenvalue weighted by atomic mass is 16.3. The number of carbonyl (C=O) groups excluding carboxylic acids is 1. The van der Waals surface area contributed by atoms with Crippen LogP contribution in [0.5, 0.6) is 0 Å². The maximum absolute atomic E-state index is 12.0. The molecule has 0 aromatic carbocycles. The van der Waals surface area contributed by atoms with Gasteiger partial charge < -0.3 is 9.32 Å². The fourth-order valence-electron chi connectivity index (χ4n) is 3.18. The van der Waals surface area contributed by atoms with Gasteiger partial charge in [0.15, 0.2) is 0 Å². The van der Waals surface area contributed by atoms with Crippen molar-refractivity contribution in [1.29, 1.82) is 0 Å². The van der Waals surface area contributed by atoms with Gasteiger partial charge in [0.05, 0.1) is 12.8 Å². The molecule has 0 saturated carbocycles. The number of rotatable bonds is 4. The highest BCUT2D eigenvalue weighted by Crippen LogP contribution is 2.33. The summed E-state index contributed by atoms with van der Waals surface area (Å²) in [5.41, 5.74) is 0. The van der Waals surface area contributed by atoms with E-state index < -0.39 is 0 Å². The molecule has 1 amide bonds. The third kappa shape index (κ3) is 1.86. The van der Waals surface area contributed by atoms with Gasteiger partial charge in [0.25, 0.3) is 0 Å². The lowest BCUT2D eigenvalue weighted by molar-refractivity contribution is -0.128. The molecule has 2 atom stereocenters. The number of hydrogen-bond donors (Lipinski definition) is 0. The van der Waals surface area contributed by atoms with Crippen molar-refractivity contribution in [3.05, 3.63) is 36.8 Å². The van der Waals surface area contributed by atoms with E-state index in [-0.39, 0.29) is 5.91 Å². The molecular weight excluding hydrogens is 228 g/mol. The first-order valence-electron chi connectivity index (χ1n) is 6.46. The Morgan fingerprint density at radius 1 is 1.50 bits per heavy atom. The molecule has 3 heterocycles. The van der Waals surface area contributed by atoms with E-state index >= 15 is 0 Å². The summed E-state index contributed by atoms with van der Waals surface area (Å²) >= 11 is 0. The maximum atomic E-state index is 12.0. The molecule has 0 radical (unpaired) electrons. The van der Waals surface area contributed by atoms with Crippen LogP contribution >= 0.6 is 0 Å². The lowest BCUT2D eigenvalue weighted by Gasteiger charge is -2.24. The molecule has 4 nitrogen and oxygen atoms in total. The minimum atomic E-state index is 0.258. The van der Waals surface area contributed by atoms with Gasteiger partial charge >= 0.3 is 0 Å². The molecule has 0 aliphatic carbocycles. The van der Waals surface area contributed by atoms with Gasteiger partial charge in [-0.3, -0.25) is 9.69 Å². The maximum Gasteiger partial charge on any atom is 0.224 e. The first-order chi connectivity index (χ1) is 8.79. The molecule has 2 fully saturated rings. The Labute approximate surface area is 107 Å². The Morgan fingerprint density at radius 3 is 3.11 bits per heavy atom. The lowest BCUT2D eigenvalue weighted by Crippen LogP contribution is -2.37. The highest BCUT2D eigenvalue weighted by Gasteiger charge is 2.46. The molecule has 0 spiro atoms. The van der Waals surface area contributed by atoms with Crippen molar-refractivity contribution in [2.75, 3.05) is 13.1 Å². The van der Waals surface area contributed by atoms with Crippen LogP contribution in [0.15, 0.2) is 35.5 Å². The summed E-state index contributed by atoms with van der Waals surface area (Å²) < 4.78 is 5.39. The molecule has 96 valence electrons. The van der Waals surface area contributed by atoms with E-state index in [1.54, 1.807) is 6.26 Å². The normalized spacial score (nSPS) is 27.8. The van der Waals surface area contributed by atoms with Crippen LogP contribution in [-0.2, 0) is 11.3 Å². The summed E-state index contributed by atoms with van der Waals surface area (Å²) in [5.74, 6) is 1.24. The minimum absolute atomic E-state index is 0.258. The molecule has 18 heavy (non-hydrogen) atoms. The van der Waals surface area contributed by atoms with E-state index in [1.807, 2.05) is 23.1 Å². The average Bonchev–Trinajstić information content (AvgIpc) is 3.03. The summed E-state index contributed by atoms with van der Waals surface area (Å²) in [7, 11) is 0. The molecule has 4 heteroatoms. The average molecular weight is 246 g/mol. The fourth-order valence-corrected chi connectivity index (χ4v) is 3.18. The molecule has 0 unspecified atom stereocenters. The van der Waals surface area contributed by atoms with Crippen molar-refractivity contribution in [1.82, 2.24) is 9.80 Å². The predicted octanol–water partition coefficient (Wildman–Crippen LogP) is 1.64. The van der Waals surface area contributed by atoms with Crippen molar-refractivity contribution in [3.8, 4) is 0 Å². The van der Waals surface area contributed by atoms with Crippen molar-refractivity contribution in [3.63, 3.8) is 0 Å². The van der Waals surface area contributed by atoms with Crippen molar-refractivity contribution in [2.24, 2.45) is 0 Å². The van der Waals surface area contributed by atoms with Crippen LogP contribution in [0.4, 0.5) is 0 Å². The smallest absolute Gasteiger partial charge is 0.224 e. The van der Waals surface area contributed by atoms with Crippen LogP contribution < -0.4 is 0 Å². The first-order valence-corrected chi connectivity index (χ1v) is 6.46. The van der Waals surface area contributed by atoms with Gasteiger partial charge in [-0.1, -0.05) is 6.08 Å². The van der Waals surface area contributed by atoms with Crippen molar-refractivity contribution < 1.29 is 9.21 Å². The van der Waals surface area contributed by atoms with Crippen LogP contribution in [-0.4, -0.2) is 40.9 Å². The number of nitrogens with zero attached hydrogens (tertiary/aromatic N) is 2. The zero-order valence-electron chi connectivity index (χ0n) is 10.4. The van der Waals surface area contributed by atoms with Gasteiger partial charge in [-0.15, -0.1) is 6.58 Å². The zero-order valence-corrected chi connectivity index (χ0v) is 10.4. The van der Waals surface area contributed by atoms with Crippen LogP contribution in [0.1, 0.15) is 18.6 Å². The monoisotopic (exact) mass is 246 g/mol. The van der Waals surface area contributed by atoms with Crippen molar-refractivity contribution >= 4 is 5.91 Å². The molecule has 2 aliphatic heterocycles. The fraction of sp³-hybridized carbons (Fsp3) is 0.500. The number of amides is 1. The van der Waals surface area contributed by atoms with Crippen molar-refractivity contribution in [2.45, 2.75) is 31.5 Å². The molecule has 0 N–H and O–H groups in total. The Kier molecular flexibility index (Phi) is 2.96. The van der Waals surface area contributed by atoms with Gasteiger partial charge in [-0.05, 0) is 18.6 Å². The third-order valence-electron chi connectivity index (χ3n) is 3.99. The summed E-state index contributed by atoms with van der Waals surface area (Å²) in [5, 5.41) is 0. The molecule has 2 aliphatic rings. The Balaban J connectivity index is 1.70. The second kappa shape index (κ2) is 4.61. The number of likely N-dealkylation sites (tertiary alicyclic amines) is 2. The number of hydrogen-bond acceptors (Lipinski definition) is 3. The van der Waals surface area contributed by atoms with Gasteiger partial charge in [0.1, 0.15) is 5.76 Å². The number of carbonyl (C=O) groups is 1. The van der Waals surface area contributed by atoms with Crippen LogP contribution in [0.25, 0.3) is 0 Å². The Bertz CT molecular complexity index is 441. The van der Waals surface area contributed by atoms with Gasteiger partial charge in [0, 0.05) is 31.6 Å². The Morgan fingerprint density at radius 2 is 2.39 bits per heavy atom. The lowest BCUT2D eigenvalue weighted by atomic mass is 10.1. The molecule has 1 aromatic rings. The van der Waals surface area contributed by atoms with Crippen LogP contribution in [0, 0.1) is 0 Å². The largest absolute Gasteiger partial charge is 0.468 e. The predicted molar refractivity (Wildman–Crippen MR) is 67.8 cm³/mol. The van der Waals surface area contributed by atoms with Gasteiger partial charge in [0.2, 0.25) is 5.91 Å². The summed E-state index contributed by atoms with van der Waals surface area (Å²) in [4.78, 5) is 16.3. The molecule has 0 bridgehead atoms. The second-order valence-corrected chi connectivity index (χ2v) is 5.01. The van der Waals surface area contributed by atoms with E-state index in [0.717, 1.165) is 25.3 Å². The standard InChI is InChI=1S/C14H18N2O2/c1-2-6-16-12-5-7-15(13(12)9-14(16)17)10-11-4-3-8-18-11/h2-4,8,12-13H,1,5-7,9-10H2/t12-,13-/m1/s1. The topological polar surface area (TPSA) is 36.7 Å². The molecule has 1 aromatic heterocycles. The van der Waals surface area contributed by atoms with Gasteiger partial charge in [-0.2, -0.15) is 0 Å². The van der Waals surface area contributed by atoms with E-state index in [4.69, 9.17) is 4.42 Å². The first kappa shape index (κ1) is 11.5. The summed E-state index contributed by atoms with van der Waals surface area (Å²) in [6.07, 6.45) is 5.21. The second-order valence-electron chi connectivity index (χ2n) is 5.01. The zero-order chi connectivity index (χ0) is 12.5. The SMILES string of the molecule is C=CCN1C(=O)C[C@@H]2[C@H]1CCN2Cc1ccco1. The Hall–Kier alpha value is -1.55. The number of fused-ring (bicyclic) bond motifs is 1. The quantitative estimate of drug-likeness (QED) is 0.758. The van der Waals surface area contributed by atoms with Crippen LogP contribution in [0.3, 0.4) is 0 Å². The molecule has 3 rings (SSSR count). The molecule has 2 saturated heterocycles. The van der Waals surface area contributed by atoms with Crippen LogP contribution in [0.2, 0.25) is 0 Å². The summed E-state index contributed by atoms with van der Waals surface area (Å²) in [6, 6.07) is 4.62. The van der Waals surface area contributed by atoms with E-state index in [1.165, 1.54) is 0 Å². The van der Waals surface area contributed by atoms with E-state index in [9.17, 15) is 4.79 Å². The van der Waals surface area contributed by atoms with E-state index in [2.05, 4.69) is 11.5 Å². The van der Waals surface area contributed by atoms with E-state index in [0.29, 0.717) is 25.0 Å².